The molecule has 0 fully saturated rings. The number of carbonyl (C=O) groups excluding carboxylic acids is 1. The Kier molecular flexibility index (Phi) is 4.23. The van der Waals surface area contributed by atoms with Gasteiger partial charge >= 0.3 is 0 Å². The molecule has 0 bridgehead atoms. The van der Waals surface area contributed by atoms with Crippen LogP contribution in [0.2, 0.25) is 0 Å². The normalized spacial score (nSPS) is 17.8. The van der Waals surface area contributed by atoms with Crippen molar-refractivity contribution in [1.82, 2.24) is 19.7 Å². The Hall–Kier alpha value is -2.94. The quantitative estimate of drug-likeness (QED) is 0.731. The summed E-state index contributed by atoms with van der Waals surface area (Å²) in [4.78, 5) is 17.3. The summed E-state index contributed by atoms with van der Waals surface area (Å²) < 4.78 is 13.2. The lowest BCUT2D eigenvalue weighted by molar-refractivity contribution is -0.120. The Morgan fingerprint density at radius 1 is 1.25 bits per heavy atom. The van der Waals surface area contributed by atoms with E-state index >= 15 is 0 Å². The first-order valence-electron chi connectivity index (χ1n) is 9.22. The first kappa shape index (κ1) is 17.2. The van der Waals surface area contributed by atoms with Crippen LogP contribution >= 0.6 is 11.3 Å². The van der Waals surface area contributed by atoms with Gasteiger partial charge in [-0.2, -0.15) is 0 Å². The van der Waals surface area contributed by atoms with E-state index < -0.39 is 0 Å². The van der Waals surface area contributed by atoms with Gasteiger partial charge in [-0.05, 0) is 31.5 Å². The molecule has 2 aromatic heterocycles. The molecule has 8 nitrogen and oxygen atoms in total. The van der Waals surface area contributed by atoms with Gasteiger partial charge < -0.3 is 19.4 Å². The van der Waals surface area contributed by atoms with Crippen molar-refractivity contribution in [1.29, 1.82) is 0 Å². The van der Waals surface area contributed by atoms with Crippen molar-refractivity contribution in [2.75, 3.05) is 18.5 Å². The molecule has 3 aromatic rings. The zero-order valence-electron chi connectivity index (χ0n) is 15.3. The number of hydrogen-bond donors (Lipinski definition) is 1. The fraction of sp³-hybridized carbons (Fsp3) is 0.368. The summed E-state index contributed by atoms with van der Waals surface area (Å²) in [6.07, 6.45) is 1.53. The molecule has 5 rings (SSSR count). The van der Waals surface area contributed by atoms with Crippen LogP contribution in [0.4, 0.5) is 5.13 Å². The van der Waals surface area contributed by atoms with E-state index in [4.69, 9.17) is 9.47 Å². The number of nitrogens with zero attached hydrogens (tertiary/aromatic N) is 4. The zero-order chi connectivity index (χ0) is 19.1. The predicted molar refractivity (Wildman–Crippen MR) is 104 cm³/mol. The minimum Gasteiger partial charge on any atom is -0.486 e. The molecule has 144 valence electrons. The number of anilines is 1. The minimum absolute atomic E-state index is 0.0122. The number of aromatic nitrogens is 4. The summed E-state index contributed by atoms with van der Waals surface area (Å²) in [5, 5.41) is 13.7. The molecule has 0 spiro atoms. The molecule has 1 amide bonds. The molecule has 0 aliphatic carbocycles. The highest BCUT2D eigenvalue weighted by atomic mass is 32.1. The fourth-order valence-corrected chi connectivity index (χ4v) is 4.27. The third-order valence-corrected chi connectivity index (χ3v) is 5.83. The number of aryl methyl sites for hydroxylation is 2. The molecule has 0 radical (unpaired) electrons. The smallest absolute Gasteiger partial charge is 0.231 e. The van der Waals surface area contributed by atoms with Crippen LogP contribution in [0.1, 0.15) is 18.1 Å². The predicted octanol–water partition coefficient (Wildman–Crippen LogP) is 2.68. The van der Waals surface area contributed by atoms with Crippen LogP contribution in [-0.4, -0.2) is 38.9 Å². The Labute approximate surface area is 165 Å². The van der Waals surface area contributed by atoms with E-state index in [2.05, 4.69) is 20.5 Å². The second kappa shape index (κ2) is 6.90. The van der Waals surface area contributed by atoms with Gasteiger partial charge in [-0.1, -0.05) is 0 Å². The summed E-state index contributed by atoms with van der Waals surface area (Å²) >= 11 is 1.42. The van der Waals surface area contributed by atoms with Crippen molar-refractivity contribution >= 4 is 22.4 Å². The summed E-state index contributed by atoms with van der Waals surface area (Å²) in [6, 6.07) is 5.76. The maximum Gasteiger partial charge on any atom is 0.231 e. The summed E-state index contributed by atoms with van der Waals surface area (Å²) in [5.41, 5.74) is 1.74. The number of fused-ring (bicyclic) bond motifs is 2. The van der Waals surface area contributed by atoms with E-state index in [9.17, 15) is 4.79 Å². The van der Waals surface area contributed by atoms with Gasteiger partial charge in [0.2, 0.25) is 5.91 Å². The van der Waals surface area contributed by atoms with Crippen LogP contribution in [0.25, 0.3) is 11.3 Å². The number of rotatable bonds is 3. The lowest BCUT2D eigenvalue weighted by atomic mass is 9.98. The summed E-state index contributed by atoms with van der Waals surface area (Å²) in [6.45, 7) is 3.64. The molecule has 0 saturated heterocycles. The van der Waals surface area contributed by atoms with Crippen LogP contribution in [0.15, 0.2) is 23.6 Å². The maximum atomic E-state index is 12.7. The highest BCUT2D eigenvalue weighted by Gasteiger charge is 2.27. The van der Waals surface area contributed by atoms with Crippen LogP contribution in [0.5, 0.6) is 11.5 Å². The monoisotopic (exact) mass is 397 g/mol. The van der Waals surface area contributed by atoms with Crippen LogP contribution < -0.4 is 14.8 Å². The standard InChI is InChI=1S/C19H19N5O3S/c1-11-22-23-17-5-3-13(9-24(11)17)18(25)21-19-20-14(10-28-19)12-2-4-15-16(8-12)27-7-6-26-15/h2,4,8,10,13H,3,5-7,9H2,1H3,(H,20,21,25)/t13-/m1/s1. The maximum absolute atomic E-state index is 12.7. The molecule has 1 N–H and O–H groups in total. The minimum atomic E-state index is -0.108. The van der Waals surface area contributed by atoms with E-state index in [1.165, 1.54) is 11.3 Å². The van der Waals surface area contributed by atoms with E-state index in [1.54, 1.807) is 0 Å². The first-order chi connectivity index (χ1) is 13.7. The topological polar surface area (TPSA) is 91.2 Å². The van der Waals surface area contributed by atoms with Gasteiger partial charge in [0.15, 0.2) is 16.6 Å². The highest BCUT2D eigenvalue weighted by Crippen LogP contribution is 2.35. The van der Waals surface area contributed by atoms with Gasteiger partial charge in [0.05, 0.1) is 11.6 Å². The molecule has 1 aromatic carbocycles. The van der Waals surface area contributed by atoms with Gasteiger partial charge in [0, 0.05) is 23.9 Å². The van der Waals surface area contributed by atoms with E-state index in [0.717, 1.165) is 47.2 Å². The largest absolute Gasteiger partial charge is 0.486 e. The number of benzene rings is 1. The molecule has 2 aliphatic rings. The first-order valence-corrected chi connectivity index (χ1v) is 10.1. The average molecular weight is 397 g/mol. The third-order valence-electron chi connectivity index (χ3n) is 5.07. The van der Waals surface area contributed by atoms with E-state index in [0.29, 0.717) is 24.9 Å². The molecule has 2 aliphatic heterocycles. The van der Waals surface area contributed by atoms with Gasteiger partial charge in [0.25, 0.3) is 0 Å². The summed E-state index contributed by atoms with van der Waals surface area (Å²) in [5.74, 6) is 3.16. The number of nitrogens with one attached hydrogen (secondary N) is 1. The van der Waals surface area contributed by atoms with Crippen molar-refractivity contribution in [2.45, 2.75) is 26.3 Å². The number of ether oxygens (including phenoxy) is 2. The fourth-order valence-electron chi connectivity index (χ4n) is 3.55. The zero-order valence-corrected chi connectivity index (χ0v) is 16.2. The van der Waals surface area contributed by atoms with E-state index in [-0.39, 0.29) is 11.8 Å². The van der Waals surface area contributed by atoms with Gasteiger partial charge in [-0.25, -0.2) is 4.98 Å². The molecular formula is C19H19N5O3S. The molecule has 1 atom stereocenters. The number of carbonyl (C=O) groups is 1. The van der Waals surface area contributed by atoms with Gasteiger partial charge in [-0.3, -0.25) is 4.79 Å². The van der Waals surface area contributed by atoms with Crippen molar-refractivity contribution in [2.24, 2.45) is 5.92 Å². The molecular weight excluding hydrogens is 378 g/mol. The Morgan fingerprint density at radius 3 is 3.00 bits per heavy atom. The van der Waals surface area contributed by atoms with Gasteiger partial charge in [-0.15, -0.1) is 21.5 Å². The molecule has 0 unspecified atom stereocenters. The van der Waals surface area contributed by atoms with Crippen molar-refractivity contribution in [3.63, 3.8) is 0 Å². The Bertz CT molecular complexity index is 1040. The molecule has 28 heavy (non-hydrogen) atoms. The number of amides is 1. The molecule has 9 heteroatoms. The van der Waals surface area contributed by atoms with Crippen molar-refractivity contribution < 1.29 is 14.3 Å². The van der Waals surface area contributed by atoms with Crippen LogP contribution in [0.3, 0.4) is 0 Å². The lowest BCUT2D eigenvalue weighted by Crippen LogP contribution is -2.31. The lowest BCUT2D eigenvalue weighted by Gasteiger charge is -2.22. The molecule has 4 heterocycles. The number of thiazole rings is 1. The third kappa shape index (κ3) is 3.11. The number of hydrogen-bond acceptors (Lipinski definition) is 7. The van der Waals surface area contributed by atoms with Gasteiger partial charge in [0.1, 0.15) is 24.9 Å². The van der Waals surface area contributed by atoms with E-state index in [1.807, 2.05) is 35.1 Å². The Balaban J connectivity index is 1.29. The second-order valence-electron chi connectivity index (χ2n) is 6.90. The van der Waals surface area contributed by atoms with Crippen molar-refractivity contribution in [3.05, 3.63) is 35.2 Å². The second-order valence-corrected chi connectivity index (χ2v) is 7.75. The molecule has 0 saturated carbocycles. The highest BCUT2D eigenvalue weighted by molar-refractivity contribution is 7.14. The van der Waals surface area contributed by atoms with Crippen molar-refractivity contribution in [3.8, 4) is 22.8 Å². The SMILES string of the molecule is Cc1nnc2n1C[C@H](C(=O)Nc1nc(-c3ccc4c(c3)OCCO4)cs1)CC2. The average Bonchev–Trinajstić information content (AvgIpc) is 3.34. The van der Waals surface area contributed by atoms with Crippen LogP contribution in [0, 0.1) is 12.8 Å². The summed E-state index contributed by atoms with van der Waals surface area (Å²) in [7, 11) is 0. The van der Waals surface area contributed by atoms with Crippen LogP contribution in [-0.2, 0) is 17.8 Å². The Morgan fingerprint density at radius 2 is 2.11 bits per heavy atom.